The molecule has 2 rings (SSSR count). The summed E-state index contributed by atoms with van der Waals surface area (Å²) >= 11 is 5.60. The average molecular weight is 302 g/mol. The summed E-state index contributed by atoms with van der Waals surface area (Å²) in [6.07, 6.45) is -3.34. The summed E-state index contributed by atoms with van der Waals surface area (Å²) in [5.41, 5.74) is -1.00. The topological polar surface area (TPSA) is 50.2 Å². The fraction of sp³-hybridized carbons (Fsp3) is 0.0769. The minimum Gasteiger partial charge on any atom is -0.478 e. The van der Waals surface area contributed by atoms with E-state index in [2.05, 4.69) is 4.98 Å². The maximum Gasteiger partial charge on any atom is 0.416 e. The monoisotopic (exact) mass is 301 g/mol. The molecule has 0 amide bonds. The van der Waals surface area contributed by atoms with Gasteiger partial charge >= 0.3 is 12.1 Å². The van der Waals surface area contributed by atoms with Gasteiger partial charge in [-0.2, -0.15) is 13.2 Å². The van der Waals surface area contributed by atoms with Gasteiger partial charge in [-0.15, -0.1) is 0 Å². The second kappa shape index (κ2) is 5.13. The maximum absolute atomic E-state index is 12.8. The summed E-state index contributed by atoms with van der Waals surface area (Å²) in [5, 5.41) is 9.08. The van der Waals surface area contributed by atoms with Crippen molar-refractivity contribution in [3.8, 4) is 11.1 Å². The number of rotatable bonds is 2. The van der Waals surface area contributed by atoms with Gasteiger partial charge in [-0.25, -0.2) is 9.78 Å². The second-order valence-corrected chi connectivity index (χ2v) is 4.36. The molecule has 0 bridgehead atoms. The molecule has 0 unspecified atom stereocenters. The first kappa shape index (κ1) is 14.3. The standard InChI is InChI=1S/C13H7ClF3NO2/c14-11-2-1-7(6-18-11)8-3-9(12(19)20)5-10(4-8)13(15,16)17/h1-6H,(H,19,20). The van der Waals surface area contributed by atoms with Crippen LogP contribution in [0.4, 0.5) is 13.2 Å². The van der Waals surface area contributed by atoms with Crippen molar-refractivity contribution in [1.29, 1.82) is 0 Å². The zero-order valence-electron chi connectivity index (χ0n) is 9.78. The van der Waals surface area contributed by atoms with Gasteiger partial charge in [0.15, 0.2) is 0 Å². The normalized spacial score (nSPS) is 11.4. The zero-order valence-corrected chi connectivity index (χ0v) is 10.5. The summed E-state index contributed by atoms with van der Waals surface area (Å²) in [7, 11) is 0. The number of aromatic nitrogens is 1. The molecule has 3 nitrogen and oxygen atoms in total. The Bertz CT molecular complexity index is 654. The Hall–Kier alpha value is -2.08. The highest BCUT2D eigenvalue weighted by Crippen LogP contribution is 2.33. The van der Waals surface area contributed by atoms with Gasteiger partial charge in [-0.05, 0) is 35.9 Å². The molecule has 104 valence electrons. The quantitative estimate of drug-likeness (QED) is 0.849. The van der Waals surface area contributed by atoms with E-state index in [-0.39, 0.29) is 10.7 Å². The third-order valence-electron chi connectivity index (χ3n) is 2.57. The number of benzene rings is 1. The molecule has 7 heteroatoms. The highest BCUT2D eigenvalue weighted by Gasteiger charge is 2.31. The van der Waals surface area contributed by atoms with E-state index >= 15 is 0 Å². The minimum atomic E-state index is -4.62. The molecule has 0 atom stereocenters. The van der Waals surface area contributed by atoms with Crippen molar-refractivity contribution in [3.05, 3.63) is 52.8 Å². The molecule has 1 N–H and O–H groups in total. The Morgan fingerprint density at radius 1 is 1.15 bits per heavy atom. The van der Waals surface area contributed by atoms with Crippen molar-refractivity contribution < 1.29 is 23.1 Å². The lowest BCUT2D eigenvalue weighted by atomic mass is 10.0. The van der Waals surface area contributed by atoms with Crippen LogP contribution in [0.15, 0.2) is 36.5 Å². The third-order valence-corrected chi connectivity index (χ3v) is 2.79. The molecule has 1 heterocycles. The fourth-order valence-electron chi connectivity index (χ4n) is 1.63. The van der Waals surface area contributed by atoms with Crippen LogP contribution in [0.5, 0.6) is 0 Å². The van der Waals surface area contributed by atoms with Gasteiger partial charge in [0, 0.05) is 11.8 Å². The lowest BCUT2D eigenvalue weighted by molar-refractivity contribution is -0.137. The fourth-order valence-corrected chi connectivity index (χ4v) is 1.74. The van der Waals surface area contributed by atoms with Crippen LogP contribution >= 0.6 is 11.6 Å². The van der Waals surface area contributed by atoms with E-state index in [1.807, 2.05) is 0 Å². The van der Waals surface area contributed by atoms with E-state index < -0.39 is 23.3 Å². The number of nitrogens with zero attached hydrogens (tertiary/aromatic N) is 1. The first-order valence-corrected chi connectivity index (χ1v) is 5.72. The second-order valence-electron chi connectivity index (χ2n) is 3.97. The summed E-state index contributed by atoms with van der Waals surface area (Å²) < 4.78 is 38.3. The van der Waals surface area contributed by atoms with Gasteiger partial charge in [0.1, 0.15) is 5.15 Å². The summed E-state index contributed by atoms with van der Waals surface area (Å²) in [6, 6.07) is 5.50. The molecule has 1 aromatic heterocycles. The van der Waals surface area contributed by atoms with Crippen molar-refractivity contribution in [2.75, 3.05) is 0 Å². The van der Waals surface area contributed by atoms with Crippen molar-refractivity contribution in [2.24, 2.45) is 0 Å². The molecule has 2 aromatic rings. The predicted molar refractivity (Wildman–Crippen MR) is 66.6 cm³/mol. The Labute approximate surface area is 116 Å². The van der Waals surface area contributed by atoms with Crippen LogP contribution in [0, 0.1) is 0 Å². The Morgan fingerprint density at radius 2 is 1.85 bits per heavy atom. The highest BCUT2D eigenvalue weighted by atomic mass is 35.5. The number of aromatic carboxylic acids is 1. The van der Waals surface area contributed by atoms with Crippen molar-refractivity contribution in [2.45, 2.75) is 6.18 Å². The lowest BCUT2D eigenvalue weighted by Crippen LogP contribution is -2.08. The number of carboxylic acid groups (broad SMARTS) is 1. The van der Waals surface area contributed by atoms with Crippen LogP contribution < -0.4 is 0 Å². The van der Waals surface area contributed by atoms with E-state index in [4.69, 9.17) is 16.7 Å². The smallest absolute Gasteiger partial charge is 0.416 e. The number of carboxylic acids is 1. The van der Waals surface area contributed by atoms with Gasteiger partial charge in [0.05, 0.1) is 11.1 Å². The first-order chi connectivity index (χ1) is 9.27. The maximum atomic E-state index is 12.8. The molecule has 0 fully saturated rings. The molecule has 0 saturated heterocycles. The highest BCUT2D eigenvalue weighted by molar-refractivity contribution is 6.29. The molecular weight excluding hydrogens is 295 g/mol. The molecular formula is C13H7ClF3NO2. The number of hydrogen-bond donors (Lipinski definition) is 1. The van der Waals surface area contributed by atoms with Gasteiger partial charge in [0.2, 0.25) is 0 Å². The van der Waals surface area contributed by atoms with Gasteiger partial charge in [-0.1, -0.05) is 11.6 Å². The summed E-state index contributed by atoms with van der Waals surface area (Å²) in [5.74, 6) is -1.43. The molecule has 1 aromatic carbocycles. The van der Waals surface area contributed by atoms with Crippen molar-refractivity contribution in [3.63, 3.8) is 0 Å². The van der Waals surface area contributed by atoms with E-state index in [1.165, 1.54) is 18.3 Å². The Kier molecular flexibility index (Phi) is 3.67. The molecule has 0 aliphatic rings. The molecule has 20 heavy (non-hydrogen) atoms. The van der Waals surface area contributed by atoms with Crippen LogP contribution in [0.2, 0.25) is 5.15 Å². The number of alkyl halides is 3. The van der Waals surface area contributed by atoms with E-state index in [0.29, 0.717) is 11.6 Å². The van der Waals surface area contributed by atoms with Crippen LogP contribution in [0.3, 0.4) is 0 Å². The molecule has 0 saturated carbocycles. The van der Waals surface area contributed by atoms with Gasteiger partial charge in [-0.3, -0.25) is 0 Å². The van der Waals surface area contributed by atoms with Gasteiger partial charge < -0.3 is 5.11 Å². The largest absolute Gasteiger partial charge is 0.478 e. The minimum absolute atomic E-state index is 0.112. The number of pyridine rings is 1. The Morgan fingerprint density at radius 3 is 2.35 bits per heavy atom. The van der Waals surface area contributed by atoms with Gasteiger partial charge in [0.25, 0.3) is 0 Å². The predicted octanol–water partition coefficient (Wildman–Crippen LogP) is 4.12. The van der Waals surface area contributed by atoms with E-state index in [9.17, 15) is 18.0 Å². The summed E-state index contributed by atoms with van der Waals surface area (Å²) in [4.78, 5) is 14.7. The van der Waals surface area contributed by atoms with Crippen molar-refractivity contribution >= 4 is 17.6 Å². The summed E-state index contributed by atoms with van der Waals surface area (Å²) in [6.45, 7) is 0. The van der Waals surface area contributed by atoms with Crippen LogP contribution in [0.1, 0.15) is 15.9 Å². The number of halogens is 4. The average Bonchev–Trinajstić information content (AvgIpc) is 2.38. The lowest BCUT2D eigenvalue weighted by Gasteiger charge is -2.10. The van der Waals surface area contributed by atoms with E-state index in [0.717, 1.165) is 12.1 Å². The van der Waals surface area contributed by atoms with E-state index in [1.54, 1.807) is 0 Å². The van der Waals surface area contributed by atoms with Crippen LogP contribution in [-0.4, -0.2) is 16.1 Å². The van der Waals surface area contributed by atoms with Crippen molar-refractivity contribution in [1.82, 2.24) is 4.98 Å². The molecule has 0 aliphatic heterocycles. The van der Waals surface area contributed by atoms with Crippen LogP contribution in [-0.2, 0) is 6.18 Å². The Balaban J connectivity index is 2.60. The number of carbonyl (C=O) groups is 1. The molecule has 0 aliphatic carbocycles. The molecule has 0 spiro atoms. The first-order valence-electron chi connectivity index (χ1n) is 5.35. The SMILES string of the molecule is O=C(O)c1cc(-c2ccc(Cl)nc2)cc(C(F)(F)F)c1. The van der Waals surface area contributed by atoms with Crippen LogP contribution in [0.25, 0.3) is 11.1 Å². The number of hydrogen-bond acceptors (Lipinski definition) is 2. The zero-order chi connectivity index (χ0) is 14.9. The third kappa shape index (κ3) is 3.08. The molecule has 0 radical (unpaired) electrons.